The molecule has 11 nitrogen and oxygen atoms in total. The van der Waals surface area contributed by atoms with Crippen LogP contribution < -0.4 is 16.2 Å². The average molecular weight is 395 g/mol. The van der Waals surface area contributed by atoms with Crippen LogP contribution in [-0.4, -0.2) is 19.8 Å². The van der Waals surface area contributed by atoms with Crippen molar-refractivity contribution in [1.82, 2.24) is 9.97 Å². The number of nitro groups is 2. The monoisotopic (exact) mass is 395 g/mol. The summed E-state index contributed by atoms with van der Waals surface area (Å²) < 4.78 is 0. The van der Waals surface area contributed by atoms with E-state index in [2.05, 4.69) is 26.1 Å². The zero-order valence-corrected chi connectivity index (χ0v) is 15.5. The first kappa shape index (κ1) is 19.5. The fraction of sp³-hybridized carbons (Fsp3) is 0.111. The Morgan fingerprint density at radius 1 is 0.862 bits per heavy atom. The molecule has 29 heavy (non-hydrogen) atoms. The van der Waals surface area contributed by atoms with E-state index in [1.165, 1.54) is 30.6 Å². The molecule has 0 spiro atoms. The van der Waals surface area contributed by atoms with Crippen molar-refractivity contribution in [2.45, 2.75) is 13.8 Å². The third kappa shape index (κ3) is 4.35. The molecule has 148 valence electrons. The number of anilines is 4. The highest BCUT2D eigenvalue weighted by Crippen LogP contribution is 2.32. The minimum absolute atomic E-state index is 0.0340. The molecule has 0 aliphatic carbocycles. The summed E-state index contributed by atoms with van der Waals surface area (Å²) in [4.78, 5) is 29.2. The number of hydrazine groups is 1. The molecule has 0 aliphatic rings. The van der Waals surface area contributed by atoms with Gasteiger partial charge < -0.3 is 5.32 Å². The maximum Gasteiger partial charge on any atom is 0.355 e. The second-order valence-corrected chi connectivity index (χ2v) is 6.10. The van der Waals surface area contributed by atoms with Gasteiger partial charge in [0.25, 0.3) is 5.69 Å². The first-order valence-corrected chi connectivity index (χ1v) is 8.46. The van der Waals surface area contributed by atoms with Crippen molar-refractivity contribution in [3.8, 4) is 0 Å². The largest absolute Gasteiger partial charge is 0.355 e. The molecule has 3 rings (SSSR count). The fourth-order valence-electron chi connectivity index (χ4n) is 2.55. The Bertz CT molecular complexity index is 1070. The summed E-state index contributed by atoms with van der Waals surface area (Å²) in [5, 5.41) is 25.4. The summed E-state index contributed by atoms with van der Waals surface area (Å²) in [5.41, 5.74) is 8.12. The van der Waals surface area contributed by atoms with Crippen LogP contribution in [-0.2, 0) is 0 Å². The fourth-order valence-corrected chi connectivity index (χ4v) is 2.55. The van der Waals surface area contributed by atoms with Crippen molar-refractivity contribution in [3.63, 3.8) is 0 Å². The maximum atomic E-state index is 11.7. The third-order valence-corrected chi connectivity index (χ3v) is 4.27. The first-order chi connectivity index (χ1) is 13.9. The molecular weight excluding hydrogens is 378 g/mol. The molecule has 3 aromatic rings. The van der Waals surface area contributed by atoms with Gasteiger partial charge in [-0.25, -0.2) is 9.97 Å². The van der Waals surface area contributed by atoms with Gasteiger partial charge in [0.05, 0.1) is 15.5 Å². The standard InChI is InChI=1S/C18H17N7O4/c1-11-4-3-5-15(12(11)2)21-17-16(25(28)29)18(20-10-19-17)23-22-13-6-8-14(9-7-13)24(26)27/h3-10,22H,1-2H3,(H2,19,20,21,23). The van der Waals surface area contributed by atoms with Crippen LogP contribution in [0.5, 0.6) is 0 Å². The lowest BCUT2D eigenvalue weighted by molar-refractivity contribution is -0.384. The molecule has 0 radical (unpaired) electrons. The Kier molecular flexibility index (Phi) is 5.49. The van der Waals surface area contributed by atoms with E-state index in [9.17, 15) is 20.2 Å². The first-order valence-electron chi connectivity index (χ1n) is 8.46. The van der Waals surface area contributed by atoms with Gasteiger partial charge in [-0.2, -0.15) is 0 Å². The van der Waals surface area contributed by atoms with Gasteiger partial charge in [0.2, 0.25) is 11.6 Å². The molecule has 1 heterocycles. The van der Waals surface area contributed by atoms with Crippen LogP contribution in [0, 0.1) is 34.1 Å². The second kappa shape index (κ2) is 8.17. The predicted octanol–water partition coefficient (Wildman–Crippen LogP) is 4.09. The second-order valence-electron chi connectivity index (χ2n) is 6.10. The number of nitrogens with one attached hydrogen (secondary N) is 3. The van der Waals surface area contributed by atoms with E-state index < -0.39 is 9.85 Å². The molecule has 11 heteroatoms. The summed E-state index contributed by atoms with van der Waals surface area (Å²) in [6.45, 7) is 3.84. The van der Waals surface area contributed by atoms with Crippen molar-refractivity contribution < 1.29 is 9.85 Å². The number of nitrogens with zero attached hydrogens (tertiary/aromatic N) is 4. The Labute approximate surface area is 165 Å². The number of hydrogen-bond acceptors (Lipinski definition) is 9. The number of aryl methyl sites for hydroxylation is 1. The summed E-state index contributed by atoms with van der Waals surface area (Å²) in [7, 11) is 0. The minimum atomic E-state index is -0.590. The van der Waals surface area contributed by atoms with E-state index in [1.54, 1.807) is 6.07 Å². The van der Waals surface area contributed by atoms with Crippen LogP contribution in [0.4, 0.5) is 34.4 Å². The van der Waals surface area contributed by atoms with E-state index >= 15 is 0 Å². The van der Waals surface area contributed by atoms with Gasteiger partial charge in [0, 0.05) is 17.8 Å². The van der Waals surface area contributed by atoms with Crippen molar-refractivity contribution in [3.05, 3.63) is 80.1 Å². The minimum Gasteiger partial charge on any atom is -0.334 e. The van der Waals surface area contributed by atoms with Crippen LogP contribution in [0.1, 0.15) is 11.1 Å². The summed E-state index contributed by atoms with van der Waals surface area (Å²) >= 11 is 0. The number of hydrogen-bond donors (Lipinski definition) is 3. The summed E-state index contributed by atoms with van der Waals surface area (Å²) in [6, 6.07) is 11.1. The van der Waals surface area contributed by atoms with Crippen LogP contribution in [0.3, 0.4) is 0 Å². The zero-order valence-electron chi connectivity index (χ0n) is 15.5. The highest BCUT2D eigenvalue weighted by molar-refractivity contribution is 5.75. The SMILES string of the molecule is Cc1cccc(Nc2ncnc(NNc3ccc([N+](=O)[O-])cc3)c2[N+](=O)[O-])c1C. The van der Waals surface area contributed by atoms with Crippen molar-refractivity contribution in [2.24, 2.45) is 0 Å². The average Bonchev–Trinajstić information content (AvgIpc) is 2.70. The molecule has 0 saturated carbocycles. The molecule has 0 saturated heterocycles. The number of nitro benzene ring substituents is 1. The zero-order chi connectivity index (χ0) is 21.0. The predicted molar refractivity (Wildman–Crippen MR) is 108 cm³/mol. The molecule has 0 unspecified atom stereocenters. The van der Waals surface area contributed by atoms with Gasteiger partial charge in [-0.15, -0.1) is 0 Å². The topological polar surface area (TPSA) is 148 Å². The summed E-state index contributed by atoms with van der Waals surface area (Å²) in [5.74, 6) is -0.0251. The molecule has 0 amide bonds. The Morgan fingerprint density at radius 3 is 2.21 bits per heavy atom. The van der Waals surface area contributed by atoms with Gasteiger partial charge in [-0.05, 0) is 43.2 Å². The van der Waals surface area contributed by atoms with Gasteiger partial charge in [-0.3, -0.25) is 31.1 Å². The smallest absolute Gasteiger partial charge is 0.334 e. The van der Waals surface area contributed by atoms with E-state index in [1.807, 2.05) is 26.0 Å². The number of rotatable bonds is 7. The molecule has 3 N–H and O–H groups in total. The van der Waals surface area contributed by atoms with Gasteiger partial charge in [0.1, 0.15) is 6.33 Å². The van der Waals surface area contributed by atoms with Crippen LogP contribution in [0.25, 0.3) is 0 Å². The lowest BCUT2D eigenvalue weighted by atomic mass is 10.1. The van der Waals surface area contributed by atoms with Crippen molar-refractivity contribution in [1.29, 1.82) is 0 Å². The molecule has 2 aromatic carbocycles. The van der Waals surface area contributed by atoms with E-state index in [0.717, 1.165) is 11.1 Å². The lowest BCUT2D eigenvalue weighted by Gasteiger charge is -2.13. The molecule has 0 bridgehead atoms. The van der Waals surface area contributed by atoms with Crippen LogP contribution in [0.15, 0.2) is 48.8 Å². The molecule has 0 aliphatic heterocycles. The van der Waals surface area contributed by atoms with Gasteiger partial charge in [-0.1, -0.05) is 12.1 Å². The Hall–Kier alpha value is -4.28. The van der Waals surface area contributed by atoms with E-state index in [-0.39, 0.29) is 23.0 Å². The van der Waals surface area contributed by atoms with Gasteiger partial charge in [0.15, 0.2) is 0 Å². The Morgan fingerprint density at radius 2 is 1.55 bits per heavy atom. The van der Waals surface area contributed by atoms with Gasteiger partial charge >= 0.3 is 5.69 Å². The normalized spacial score (nSPS) is 10.3. The molecule has 0 fully saturated rings. The van der Waals surface area contributed by atoms with Crippen molar-refractivity contribution in [2.75, 3.05) is 16.2 Å². The molecule has 0 atom stereocenters. The quantitative estimate of drug-likeness (QED) is 0.397. The summed E-state index contributed by atoms with van der Waals surface area (Å²) in [6.07, 6.45) is 1.19. The third-order valence-electron chi connectivity index (χ3n) is 4.27. The van der Waals surface area contributed by atoms with Crippen LogP contribution >= 0.6 is 0 Å². The lowest BCUT2D eigenvalue weighted by Crippen LogP contribution is -2.13. The number of benzene rings is 2. The Balaban J connectivity index is 1.85. The maximum absolute atomic E-state index is 11.7. The number of aromatic nitrogens is 2. The molecular formula is C18H17N7O4. The van der Waals surface area contributed by atoms with Crippen LogP contribution in [0.2, 0.25) is 0 Å². The van der Waals surface area contributed by atoms with Crippen molar-refractivity contribution >= 4 is 34.4 Å². The highest BCUT2D eigenvalue weighted by Gasteiger charge is 2.23. The highest BCUT2D eigenvalue weighted by atomic mass is 16.6. The molecule has 1 aromatic heterocycles. The number of non-ortho nitro benzene ring substituents is 1. The van der Waals surface area contributed by atoms with E-state index in [4.69, 9.17) is 0 Å². The van der Waals surface area contributed by atoms with E-state index in [0.29, 0.717) is 11.4 Å².